The van der Waals surface area contributed by atoms with Crippen molar-refractivity contribution in [2.75, 3.05) is 44.2 Å². The van der Waals surface area contributed by atoms with Gasteiger partial charge in [0.15, 0.2) is 0 Å². The summed E-state index contributed by atoms with van der Waals surface area (Å²) < 4.78 is 14.1. The van der Waals surface area contributed by atoms with Crippen LogP contribution in [0.5, 0.6) is 0 Å². The highest BCUT2D eigenvalue weighted by Gasteiger charge is 2.32. The molecular weight excluding hydrogens is 435 g/mol. The summed E-state index contributed by atoms with van der Waals surface area (Å²) in [5, 5.41) is 7.09. The number of rotatable bonds is 4. The Labute approximate surface area is 197 Å². The minimum atomic E-state index is -0.232. The predicted molar refractivity (Wildman–Crippen MR) is 126 cm³/mol. The second-order valence-corrected chi connectivity index (χ2v) is 8.73. The molecule has 2 aliphatic rings. The van der Waals surface area contributed by atoms with Gasteiger partial charge in [0.25, 0.3) is 5.91 Å². The molecule has 34 heavy (non-hydrogen) atoms. The molecule has 0 unspecified atom stereocenters. The Morgan fingerprint density at radius 3 is 2.32 bits per heavy atom. The summed E-state index contributed by atoms with van der Waals surface area (Å²) in [5.41, 5.74) is 2.63. The number of nitrogens with zero attached hydrogens (tertiary/aromatic N) is 5. The number of anilines is 1. The second-order valence-electron chi connectivity index (χ2n) is 8.73. The monoisotopic (exact) mass is 462 g/mol. The van der Waals surface area contributed by atoms with Gasteiger partial charge >= 0.3 is 0 Å². The Kier molecular flexibility index (Phi) is 6.24. The topological polar surface area (TPSA) is 85.4 Å². The molecule has 2 saturated heterocycles. The number of aromatic amines is 1. The highest BCUT2D eigenvalue weighted by atomic mass is 19.1. The highest BCUT2D eigenvalue weighted by molar-refractivity contribution is 5.93. The predicted octanol–water partition coefficient (Wildman–Crippen LogP) is 2.81. The highest BCUT2D eigenvalue weighted by Crippen LogP contribution is 2.25. The Morgan fingerprint density at radius 2 is 1.62 bits per heavy atom. The summed E-state index contributed by atoms with van der Waals surface area (Å²) >= 11 is 0. The van der Waals surface area contributed by atoms with Gasteiger partial charge in [0.1, 0.15) is 11.5 Å². The summed E-state index contributed by atoms with van der Waals surface area (Å²) in [5.74, 6) is -0.276. The molecule has 5 rings (SSSR count). The van der Waals surface area contributed by atoms with E-state index in [1.807, 2.05) is 28.0 Å². The van der Waals surface area contributed by atoms with Gasteiger partial charge in [-0.05, 0) is 43.2 Å². The molecule has 1 aromatic carbocycles. The Hall–Kier alpha value is -3.75. The number of nitrogens with one attached hydrogen (secondary N) is 1. The van der Waals surface area contributed by atoms with Gasteiger partial charge in [0.2, 0.25) is 5.91 Å². The van der Waals surface area contributed by atoms with Gasteiger partial charge < -0.3 is 14.7 Å². The SMILES string of the molecule is O=C(c1cc(-c2ccncc2)n[nH]1)N1CCC(C(=O)N2CCN(c3ccccc3F)CC2)CC1. The lowest BCUT2D eigenvalue weighted by Crippen LogP contribution is -2.52. The summed E-state index contributed by atoms with van der Waals surface area (Å²) in [6.45, 7) is 3.46. The average Bonchev–Trinajstić information content (AvgIpc) is 3.39. The van der Waals surface area contributed by atoms with Crippen molar-refractivity contribution in [2.24, 2.45) is 5.92 Å². The first-order valence-electron chi connectivity index (χ1n) is 11.6. The van der Waals surface area contributed by atoms with Crippen LogP contribution in [0.3, 0.4) is 0 Å². The fourth-order valence-corrected chi connectivity index (χ4v) is 4.74. The zero-order chi connectivity index (χ0) is 23.5. The van der Waals surface area contributed by atoms with E-state index in [4.69, 9.17) is 0 Å². The summed E-state index contributed by atoms with van der Waals surface area (Å²) in [7, 11) is 0. The number of para-hydroxylation sites is 1. The molecule has 9 heteroatoms. The number of piperazine rings is 1. The van der Waals surface area contributed by atoms with E-state index in [0.717, 1.165) is 5.56 Å². The fourth-order valence-electron chi connectivity index (χ4n) is 4.74. The van der Waals surface area contributed by atoms with Gasteiger partial charge in [0.05, 0.1) is 11.4 Å². The molecule has 8 nitrogen and oxygen atoms in total. The Balaban J connectivity index is 1.13. The van der Waals surface area contributed by atoms with Crippen molar-refractivity contribution in [3.63, 3.8) is 0 Å². The van der Waals surface area contributed by atoms with Crippen LogP contribution in [-0.4, -0.2) is 76.1 Å². The fraction of sp³-hybridized carbons (Fsp3) is 0.360. The number of aromatic nitrogens is 3. The number of hydrogen-bond donors (Lipinski definition) is 1. The molecule has 0 radical (unpaired) electrons. The van der Waals surface area contributed by atoms with E-state index < -0.39 is 0 Å². The molecule has 176 valence electrons. The largest absolute Gasteiger partial charge is 0.366 e. The van der Waals surface area contributed by atoms with E-state index >= 15 is 0 Å². The van der Waals surface area contributed by atoms with Crippen molar-refractivity contribution < 1.29 is 14.0 Å². The number of likely N-dealkylation sites (tertiary alicyclic amines) is 1. The van der Waals surface area contributed by atoms with E-state index in [-0.39, 0.29) is 23.5 Å². The Morgan fingerprint density at radius 1 is 0.912 bits per heavy atom. The van der Waals surface area contributed by atoms with Crippen molar-refractivity contribution in [2.45, 2.75) is 12.8 Å². The van der Waals surface area contributed by atoms with Gasteiger partial charge in [-0.1, -0.05) is 12.1 Å². The molecule has 0 aliphatic carbocycles. The van der Waals surface area contributed by atoms with Crippen molar-refractivity contribution in [1.29, 1.82) is 0 Å². The van der Waals surface area contributed by atoms with Gasteiger partial charge in [-0.15, -0.1) is 0 Å². The van der Waals surface area contributed by atoms with Crippen molar-refractivity contribution in [1.82, 2.24) is 25.0 Å². The normalized spacial score (nSPS) is 17.1. The molecule has 0 bridgehead atoms. The number of halogens is 1. The number of carbonyl (C=O) groups excluding carboxylic acids is 2. The van der Waals surface area contributed by atoms with Crippen molar-refractivity contribution in [3.05, 3.63) is 66.4 Å². The number of H-pyrrole nitrogens is 1. The molecule has 2 aliphatic heterocycles. The van der Waals surface area contributed by atoms with Crippen LogP contribution in [0.1, 0.15) is 23.3 Å². The molecule has 0 spiro atoms. The third-order valence-corrected chi connectivity index (χ3v) is 6.70. The number of piperidine rings is 1. The van der Waals surface area contributed by atoms with E-state index in [2.05, 4.69) is 15.2 Å². The van der Waals surface area contributed by atoms with Crippen LogP contribution in [0.25, 0.3) is 11.3 Å². The molecule has 0 saturated carbocycles. The number of benzene rings is 1. The van der Waals surface area contributed by atoms with Gasteiger partial charge in [-0.3, -0.25) is 19.7 Å². The maximum absolute atomic E-state index is 14.1. The number of hydrogen-bond acceptors (Lipinski definition) is 5. The summed E-state index contributed by atoms with van der Waals surface area (Å²) in [4.78, 5) is 35.7. The second kappa shape index (κ2) is 9.62. The first kappa shape index (κ1) is 22.1. The molecule has 3 aromatic rings. The quantitative estimate of drug-likeness (QED) is 0.645. The lowest BCUT2D eigenvalue weighted by molar-refractivity contribution is -0.137. The minimum absolute atomic E-state index is 0.0850. The average molecular weight is 463 g/mol. The van der Waals surface area contributed by atoms with Crippen LogP contribution in [-0.2, 0) is 4.79 Å². The van der Waals surface area contributed by atoms with E-state index in [1.165, 1.54) is 6.07 Å². The molecule has 2 amide bonds. The van der Waals surface area contributed by atoms with Crippen molar-refractivity contribution in [3.8, 4) is 11.3 Å². The van der Waals surface area contributed by atoms with E-state index in [1.54, 1.807) is 35.5 Å². The summed E-state index contributed by atoms with van der Waals surface area (Å²) in [6.07, 6.45) is 4.66. The molecule has 2 fully saturated rings. The smallest absolute Gasteiger partial charge is 0.271 e. The number of pyridine rings is 1. The van der Waals surface area contributed by atoms with Crippen LogP contribution < -0.4 is 4.90 Å². The molecule has 0 atom stereocenters. The van der Waals surface area contributed by atoms with Crippen LogP contribution in [0, 0.1) is 11.7 Å². The first-order valence-corrected chi connectivity index (χ1v) is 11.6. The molecule has 1 N–H and O–H groups in total. The third-order valence-electron chi connectivity index (χ3n) is 6.70. The van der Waals surface area contributed by atoms with Gasteiger partial charge in [0, 0.05) is 63.1 Å². The van der Waals surface area contributed by atoms with E-state index in [9.17, 15) is 14.0 Å². The zero-order valence-electron chi connectivity index (χ0n) is 18.9. The Bertz CT molecular complexity index is 1150. The van der Waals surface area contributed by atoms with Crippen molar-refractivity contribution >= 4 is 17.5 Å². The number of carbonyl (C=O) groups is 2. The van der Waals surface area contributed by atoms with Gasteiger partial charge in [-0.25, -0.2) is 4.39 Å². The summed E-state index contributed by atoms with van der Waals surface area (Å²) in [6, 6.07) is 12.2. The standard InChI is InChI=1S/C25H27FN6O2/c26-20-3-1-2-4-23(20)30-13-15-32(16-14-30)24(33)19-7-11-31(12-8-19)25(34)22-17-21(28-29-22)18-5-9-27-10-6-18/h1-6,9-10,17,19H,7-8,11-16H2,(H,28,29). The van der Waals surface area contributed by atoms with Crippen LogP contribution in [0.4, 0.5) is 10.1 Å². The molecule has 4 heterocycles. The maximum Gasteiger partial charge on any atom is 0.271 e. The lowest BCUT2D eigenvalue weighted by Gasteiger charge is -2.39. The lowest BCUT2D eigenvalue weighted by atomic mass is 9.94. The molecular formula is C25H27FN6O2. The first-order chi connectivity index (χ1) is 16.6. The molecule has 2 aromatic heterocycles. The van der Waals surface area contributed by atoms with Crippen LogP contribution >= 0.6 is 0 Å². The van der Waals surface area contributed by atoms with E-state index in [0.29, 0.717) is 69.2 Å². The zero-order valence-corrected chi connectivity index (χ0v) is 18.9. The van der Waals surface area contributed by atoms with Crippen LogP contribution in [0.2, 0.25) is 0 Å². The van der Waals surface area contributed by atoms with Crippen LogP contribution in [0.15, 0.2) is 54.9 Å². The third kappa shape index (κ3) is 4.50. The maximum atomic E-state index is 14.1. The van der Waals surface area contributed by atoms with Gasteiger partial charge in [-0.2, -0.15) is 5.10 Å². The number of amides is 2. The minimum Gasteiger partial charge on any atom is -0.366 e.